The predicted molar refractivity (Wildman–Crippen MR) is 104 cm³/mol. The van der Waals surface area contributed by atoms with Crippen LogP contribution in [-0.2, 0) is 13.6 Å². The third-order valence-corrected chi connectivity index (χ3v) is 6.72. The van der Waals surface area contributed by atoms with Crippen LogP contribution in [0, 0.1) is 0 Å². The van der Waals surface area contributed by atoms with Crippen molar-refractivity contribution < 1.29 is 9.52 Å². The molecule has 1 atom stereocenters. The van der Waals surface area contributed by atoms with Gasteiger partial charge in [-0.05, 0) is 43.2 Å². The third kappa shape index (κ3) is 4.56. The number of hydrogen-bond donors (Lipinski definition) is 1. The van der Waals surface area contributed by atoms with E-state index in [1.165, 1.54) is 37.4 Å². The average Bonchev–Trinajstić information content (AvgIpc) is 3.40. The first-order valence-electron chi connectivity index (χ1n) is 9.92. The summed E-state index contributed by atoms with van der Waals surface area (Å²) >= 11 is 1.49. The van der Waals surface area contributed by atoms with Crippen molar-refractivity contribution in [1.29, 1.82) is 0 Å². The Morgan fingerprint density at radius 1 is 1.26 bits per heavy atom. The minimum atomic E-state index is 0.265. The van der Waals surface area contributed by atoms with Gasteiger partial charge in [0.1, 0.15) is 12.1 Å². The number of rotatable bonds is 7. The van der Waals surface area contributed by atoms with Crippen molar-refractivity contribution >= 4 is 11.8 Å². The molecule has 0 radical (unpaired) electrons. The van der Waals surface area contributed by atoms with Crippen molar-refractivity contribution in [1.82, 2.24) is 24.6 Å². The van der Waals surface area contributed by atoms with E-state index in [0.717, 1.165) is 54.7 Å². The molecule has 1 N–H and O–H groups in total. The Morgan fingerprint density at radius 2 is 2.11 bits per heavy atom. The standard InChI is InChI=1S/C19H29N5O2S/c1-22-14-20-21-19(22)27-18-7-6-17(26-18)13-23-9-10-24(15-4-2-3-5-15)16(12-23)8-11-25/h6-7,14-16,25H,2-5,8-13H2,1H3/t16-/m1/s1. The van der Waals surface area contributed by atoms with Crippen LogP contribution in [0.2, 0.25) is 0 Å². The van der Waals surface area contributed by atoms with Crippen molar-refractivity contribution in [2.75, 3.05) is 26.2 Å². The summed E-state index contributed by atoms with van der Waals surface area (Å²) in [6.45, 7) is 4.24. The van der Waals surface area contributed by atoms with E-state index >= 15 is 0 Å². The van der Waals surface area contributed by atoms with Crippen molar-refractivity contribution in [3.8, 4) is 0 Å². The zero-order valence-electron chi connectivity index (χ0n) is 16.0. The molecule has 8 heteroatoms. The van der Waals surface area contributed by atoms with E-state index in [9.17, 15) is 5.11 Å². The fraction of sp³-hybridized carbons (Fsp3) is 0.684. The van der Waals surface area contributed by atoms with E-state index in [-0.39, 0.29) is 6.61 Å². The number of aliphatic hydroxyl groups is 1. The fourth-order valence-electron chi connectivity index (χ4n) is 4.37. The predicted octanol–water partition coefficient (Wildman–Crippen LogP) is 2.37. The number of hydrogen-bond acceptors (Lipinski definition) is 7. The normalized spacial score (nSPS) is 22.7. The number of nitrogens with zero attached hydrogens (tertiary/aromatic N) is 5. The van der Waals surface area contributed by atoms with Crippen LogP contribution in [0.25, 0.3) is 0 Å². The summed E-state index contributed by atoms with van der Waals surface area (Å²) in [4.78, 5) is 5.12. The van der Waals surface area contributed by atoms with Crippen LogP contribution in [-0.4, -0.2) is 68.0 Å². The minimum absolute atomic E-state index is 0.265. The van der Waals surface area contributed by atoms with Crippen LogP contribution >= 0.6 is 11.8 Å². The van der Waals surface area contributed by atoms with Crippen molar-refractivity contribution in [2.45, 2.75) is 61.0 Å². The van der Waals surface area contributed by atoms with E-state index in [4.69, 9.17) is 4.42 Å². The molecule has 1 aliphatic heterocycles. The largest absolute Gasteiger partial charge is 0.453 e. The second-order valence-electron chi connectivity index (χ2n) is 7.62. The fourth-order valence-corrected chi connectivity index (χ4v) is 5.12. The second kappa shape index (κ2) is 8.77. The zero-order valence-corrected chi connectivity index (χ0v) is 16.8. The van der Waals surface area contributed by atoms with Crippen LogP contribution in [0.5, 0.6) is 0 Å². The lowest BCUT2D eigenvalue weighted by Gasteiger charge is -2.44. The van der Waals surface area contributed by atoms with Gasteiger partial charge >= 0.3 is 0 Å². The van der Waals surface area contributed by atoms with Crippen molar-refractivity contribution in [2.24, 2.45) is 7.05 Å². The van der Waals surface area contributed by atoms with Gasteiger partial charge in [-0.25, -0.2) is 0 Å². The van der Waals surface area contributed by atoms with E-state index < -0.39 is 0 Å². The van der Waals surface area contributed by atoms with Crippen LogP contribution in [0.15, 0.2) is 33.1 Å². The number of piperazine rings is 1. The molecule has 0 spiro atoms. The lowest BCUT2D eigenvalue weighted by molar-refractivity contribution is 0.0239. The Hall–Kier alpha value is -1.35. The lowest BCUT2D eigenvalue weighted by Crippen LogP contribution is -2.55. The molecule has 7 nitrogen and oxygen atoms in total. The molecular formula is C19H29N5O2S. The Bertz CT molecular complexity index is 727. The highest BCUT2D eigenvalue weighted by atomic mass is 32.2. The van der Waals surface area contributed by atoms with Gasteiger partial charge < -0.3 is 14.1 Å². The van der Waals surface area contributed by atoms with Crippen molar-refractivity contribution in [3.05, 3.63) is 24.2 Å². The smallest absolute Gasteiger partial charge is 0.198 e. The maximum atomic E-state index is 9.52. The average molecular weight is 392 g/mol. The first-order chi connectivity index (χ1) is 13.2. The Balaban J connectivity index is 1.35. The van der Waals surface area contributed by atoms with Gasteiger partial charge in [0, 0.05) is 45.4 Å². The lowest BCUT2D eigenvalue weighted by atomic mass is 10.0. The number of furan rings is 1. The molecule has 2 aromatic rings. The summed E-state index contributed by atoms with van der Waals surface area (Å²) in [5.74, 6) is 0.983. The first-order valence-corrected chi connectivity index (χ1v) is 10.7. The molecule has 2 aromatic heterocycles. The van der Waals surface area contributed by atoms with E-state index in [1.54, 1.807) is 6.33 Å². The highest BCUT2D eigenvalue weighted by Crippen LogP contribution is 2.30. The molecule has 0 unspecified atom stereocenters. The van der Waals surface area contributed by atoms with Gasteiger partial charge in [0.25, 0.3) is 0 Å². The molecule has 2 fully saturated rings. The minimum Gasteiger partial charge on any atom is -0.453 e. The Kier molecular flexibility index (Phi) is 6.17. The molecule has 1 saturated carbocycles. The molecule has 0 aromatic carbocycles. The van der Waals surface area contributed by atoms with Gasteiger partial charge in [-0.15, -0.1) is 10.2 Å². The van der Waals surface area contributed by atoms with Crippen LogP contribution in [0.1, 0.15) is 37.9 Å². The van der Waals surface area contributed by atoms with Gasteiger partial charge in [-0.1, -0.05) is 12.8 Å². The molecular weight excluding hydrogens is 362 g/mol. The quantitative estimate of drug-likeness (QED) is 0.777. The second-order valence-corrected chi connectivity index (χ2v) is 8.60. The SMILES string of the molecule is Cn1cnnc1Sc1ccc(CN2CCN(C3CCCC3)[C@H](CCO)C2)o1. The van der Waals surface area contributed by atoms with E-state index in [1.807, 2.05) is 17.7 Å². The molecule has 0 bridgehead atoms. The molecule has 148 valence electrons. The van der Waals surface area contributed by atoms with Crippen molar-refractivity contribution in [3.63, 3.8) is 0 Å². The van der Waals surface area contributed by atoms with Crippen LogP contribution in [0.3, 0.4) is 0 Å². The summed E-state index contributed by atoms with van der Waals surface area (Å²) in [6, 6.07) is 5.24. The summed E-state index contributed by atoms with van der Waals surface area (Å²) in [6.07, 6.45) is 7.91. The molecule has 1 aliphatic carbocycles. The highest BCUT2D eigenvalue weighted by molar-refractivity contribution is 7.99. The zero-order chi connectivity index (χ0) is 18.6. The monoisotopic (exact) mass is 391 g/mol. The summed E-state index contributed by atoms with van der Waals surface area (Å²) in [5.41, 5.74) is 0. The summed E-state index contributed by atoms with van der Waals surface area (Å²) in [7, 11) is 1.93. The van der Waals surface area contributed by atoms with Crippen LogP contribution in [0.4, 0.5) is 0 Å². The van der Waals surface area contributed by atoms with Gasteiger partial charge in [0.05, 0.1) is 6.54 Å². The molecule has 27 heavy (non-hydrogen) atoms. The Morgan fingerprint density at radius 3 is 2.85 bits per heavy atom. The molecule has 0 amide bonds. The highest BCUT2D eigenvalue weighted by Gasteiger charge is 2.33. The number of aliphatic hydroxyl groups excluding tert-OH is 1. The molecule has 1 saturated heterocycles. The van der Waals surface area contributed by atoms with E-state index in [2.05, 4.69) is 26.1 Å². The molecule has 2 aliphatic rings. The summed E-state index contributed by atoms with van der Waals surface area (Å²) in [5, 5.41) is 19.2. The summed E-state index contributed by atoms with van der Waals surface area (Å²) < 4.78 is 7.90. The van der Waals surface area contributed by atoms with Gasteiger partial charge in [0.15, 0.2) is 10.2 Å². The Labute approximate surface area is 164 Å². The number of aryl methyl sites for hydroxylation is 1. The van der Waals surface area contributed by atoms with Crippen LogP contribution < -0.4 is 0 Å². The van der Waals surface area contributed by atoms with E-state index in [0.29, 0.717) is 6.04 Å². The third-order valence-electron chi connectivity index (χ3n) is 5.75. The van der Waals surface area contributed by atoms with Gasteiger partial charge in [-0.3, -0.25) is 9.80 Å². The van der Waals surface area contributed by atoms with Gasteiger partial charge in [0.2, 0.25) is 0 Å². The molecule has 3 heterocycles. The first kappa shape index (κ1) is 19.0. The maximum Gasteiger partial charge on any atom is 0.198 e. The maximum absolute atomic E-state index is 9.52. The van der Waals surface area contributed by atoms with Gasteiger partial charge in [-0.2, -0.15) is 0 Å². The topological polar surface area (TPSA) is 70.6 Å². The molecule has 4 rings (SSSR count). The number of aromatic nitrogens is 3.